The number of carbonyl (C=O) groups is 1. The van der Waals surface area contributed by atoms with Crippen LogP contribution in [-0.4, -0.2) is 23.0 Å². The standard InChI is InChI=1S/C13H22N2OS/c1-3-6-10(9-14)13(16)15-11-7-5-8-12(11)17-4-2/h10-12H,3-8H2,1-2H3,(H,15,16). The molecule has 96 valence electrons. The lowest BCUT2D eigenvalue weighted by atomic mass is 10.0. The van der Waals surface area contributed by atoms with E-state index < -0.39 is 5.92 Å². The topological polar surface area (TPSA) is 52.9 Å². The number of hydrogen-bond acceptors (Lipinski definition) is 3. The van der Waals surface area contributed by atoms with E-state index in [0.717, 1.165) is 18.6 Å². The number of nitriles is 1. The predicted octanol–water partition coefficient (Wildman–Crippen LogP) is 2.72. The second-order valence-corrected chi connectivity index (χ2v) is 6.03. The summed E-state index contributed by atoms with van der Waals surface area (Å²) in [6, 6.07) is 2.38. The minimum Gasteiger partial charge on any atom is -0.351 e. The zero-order valence-electron chi connectivity index (χ0n) is 10.7. The second-order valence-electron chi connectivity index (χ2n) is 4.51. The Balaban J connectivity index is 2.47. The fourth-order valence-electron chi connectivity index (χ4n) is 2.33. The lowest BCUT2D eigenvalue weighted by molar-refractivity contribution is -0.124. The smallest absolute Gasteiger partial charge is 0.237 e. The van der Waals surface area contributed by atoms with Crippen LogP contribution in [0.5, 0.6) is 0 Å². The van der Waals surface area contributed by atoms with E-state index >= 15 is 0 Å². The monoisotopic (exact) mass is 254 g/mol. The van der Waals surface area contributed by atoms with Crippen LogP contribution in [-0.2, 0) is 4.79 Å². The Labute approximate surface area is 108 Å². The summed E-state index contributed by atoms with van der Waals surface area (Å²) in [5, 5.41) is 12.6. The van der Waals surface area contributed by atoms with E-state index in [9.17, 15) is 4.79 Å². The Bertz CT molecular complexity index is 288. The molecule has 3 unspecified atom stereocenters. The van der Waals surface area contributed by atoms with Crippen LogP contribution in [0.15, 0.2) is 0 Å². The Morgan fingerprint density at radius 2 is 2.29 bits per heavy atom. The van der Waals surface area contributed by atoms with Gasteiger partial charge in [0, 0.05) is 11.3 Å². The average molecular weight is 254 g/mol. The number of rotatable bonds is 6. The molecular formula is C13H22N2OS. The van der Waals surface area contributed by atoms with E-state index in [1.807, 2.05) is 18.7 Å². The van der Waals surface area contributed by atoms with Gasteiger partial charge in [0.15, 0.2) is 0 Å². The summed E-state index contributed by atoms with van der Waals surface area (Å²) in [7, 11) is 0. The molecule has 0 heterocycles. The number of amides is 1. The minimum atomic E-state index is -0.465. The summed E-state index contributed by atoms with van der Waals surface area (Å²) in [4.78, 5) is 11.9. The van der Waals surface area contributed by atoms with Gasteiger partial charge in [0.05, 0.1) is 6.07 Å². The highest BCUT2D eigenvalue weighted by molar-refractivity contribution is 7.99. The molecule has 0 radical (unpaired) electrons. The summed E-state index contributed by atoms with van der Waals surface area (Å²) in [6.07, 6.45) is 4.99. The van der Waals surface area contributed by atoms with Crippen molar-refractivity contribution in [2.45, 2.75) is 57.2 Å². The molecule has 1 N–H and O–H groups in total. The van der Waals surface area contributed by atoms with Crippen LogP contribution >= 0.6 is 11.8 Å². The first-order valence-corrected chi connectivity index (χ1v) is 7.59. The predicted molar refractivity (Wildman–Crippen MR) is 71.7 cm³/mol. The normalized spacial score (nSPS) is 25.2. The van der Waals surface area contributed by atoms with E-state index in [-0.39, 0.29) is 11.9 Å². The molecule has 0 aromatic heterocycles. The van der Waals surface area contributed by atoms with Crippen LogP contribution in [0.4, 0.5) is 0 Å². The van der Waals surface area contributed by atoms with Crippen LogP contribution in [0.1, 0.15) is 46.0 Å². The maximum atomic E-state index is 11.9. The third-order valence-corrected chi connectivity index (χ3v) is 4.54. The van der Waals surface area contributed by atoms with Gasteiger partial charge in [0.1, 0.15) is 5.92 Å². The Kier molecular flexibility index (Phi) is 6.43. The highest BCUT2D eigenvalue weighted by Crippen LogP contribution is 2.30. The fourth-order valence-corrected chi connectivity index (χ4v) is 3.53. The zero-order chi connectivity index (χ0) is 12.7. The Hall–Kier alpha value is -0.690. The van der Waals surface area contributed by atoms with Crippen LogP contribution in [0.2, 0.25) is 0 Å². The molecule has 1 rings (SSSR count). The molecule has 3 nitrogen and oxygen atoms in total. The first-order valence-electron chi connectivity index (χ1n) is 6.54. The summed E-state index contributed by atoms with van der Waals surface area (Å²) < 4.78 is 0. The van der Waals surface area contributed by atoms with Crippen molar-refractivity contribution in [2.24, 2.45) is 5.92 Å². The van der Waals surface area contributed by atoms with Crippen molar-refractivity contribution in [1.82, 2.24) is 5.32 Å². The van der Waals surface area contributed by atoms with E-state index in [4.69, 9.17) is 5.26 Å². The highest BCUT2D eigenvalue weighted by atomic mass is 32.2. The zero-order valence-corrected chi connectivity index (χ0v) is 11.6. The summed E-state index contributed by atoms with van der Waals surface area (Å²) in [5.74, 6) is 0.559. The van der Waals surface area contributed by atoms with Crippen molar-refractivity contribution >= 4 is 17.7 Å². The molecule has 0 spiro atoms. The molecule has 0 saturated heterocycles. The molecule has 0 aromatic carbocycles. The molecule has 1 aliphatic rings. The van der Waals surface area contributed by atoms with E-state index in [1.54, 1.807) is 0 Å². The Morgan fingerprint density at radius 3 is 2.88 bits per heavy atom. The van der Waals surface area contributed by atoms with Gasteiger partial charge in [0.25, 0.3) is 0 Å². The van der Waals surface area contributed by atoms with E-state index in [2.05, 4.69) is 18.3 Å². The molecule has 4 heteroatoms. The number of hydrogen-bond donors (Lipinski definition) is 1. The van der Waals surface area contributed by atoms with E-state index in [1.165, 1.54) is 12.8 Å². The summed E-state index contributed by atoms with van der Waals surface area (Å²) in [5.41, 5.74) is 0. The number of carbonyl (C=O) groups excluding carboxylic acids is 1. The third kappa shape index (κ3) is 4.23. The molecule has 3 atom stereocenters. The van der Waals surface area contributed by atoms with Gasteiger partial charge in [-0.3, -0.25) is 4.79 Å². The van der Waals surface area contributed by atoms with Crippen molar-refractivity contribution in [2.75, 3.05) is 5.75 Å². The molecule has 17 heavy (non-hydrogen) atoms. The van der Waals surface area contributed by atoms with Gasteiger partial charge in [-0.1, -0.05) is 26.7 Å². The van der Waals surface area contributed by atoms with Crippen molar-refractivity contribution in [3.8, 4) is 6.07 Å². The molecule has 1 amide bonds. The number of nitrogens with one attached hydrogen (secondary N) is 1. The van der Waals surface area contributed by atoms with Gasteiger partial charge in [-0.05, 0) is 25.0 Å². The summed E-state index contributed by atoms with van der Waals surface area (Å²) in [6.45, 7) is 4.15. The highest BCUT2D eigenvalue weighted by Gasteiger charge is 2.30. The maximum absolute atomic E-state index is 11.9. The van der Waals surface area contributed by atoms with Gasteiger partial charge in [0.2, 0.25) is 5.91 Å². The van der Waals surface area contributed by atoms with Gasteiger partial charge in [-0.15, -0.1) is 0 Å². The van der Waals surface area contributed by atoms with Crippen molar-refractivity contribution < 1.29 is 4.79 Å². The largest absolute Gasteiger partial charge is 0.351 e. The maximum Gasteiger partial charge on any atom is 0.237 e. The first-order chi connectivity index (χ1) is 8.22. The van der Waals surface area contributed by atoms with Crippen LogP contribution in [0, 0.1) is 17.2 Å². The number of nitrogens with zero attached hydrogens (tertiary/aromatic N) is 1. The van der Waals surface area contributed by atoms with Crippen molar-refractivity contribution in [1.29, 1.82) is 5.26 Å². The lowest BCUT2D eigenvalue weighted by Crippen LogP contribution is -2.41. The first kappa shape index (κ1) is 14.4. The van der Waals surface area contributed by atoms with Crippen LogP contribution in [0.3, 0.4) is 0 Å². The van der Waals surface area contributed by atoms with Gasteiger partial charge in [-0.2, -0.15) is 17.0 Å². The second kappa shape index (κ2) is 7.60. The molecule has 0 aliphatic heterocycles. The third-order valence-electron chi connectivity index (χ3n) is 3.21. The van der Waals surface area contributed by atoms with Gasteiger partial charge >= 0.3 is 0 Å². The van der Waals surface area contributed by atoms with Gasteiger partial charge in [-0.25, -0.2) is 0 Å². The molecule has 0 aromatic rings. The van der Waals surface area contributed by atoms with Crippen LogP contribution in [0.25, 0.3) is 0 Å². The molecule has 1 saturated carbocycles. The quantitative estimate of drug-likeness (QED) is 0.793. The summed E-state index contributed by atoms with van der Waals surface area (Å²) >= 11 is 1.92. The lowest BCUT2D eigenvalue weighted by Gasteiger charge is -2.21. The van der Waals surface area contributed by atoms with Crippen molar-refractivity contribution in [3.63, 3.8) is 0 Å². The average Bonchev–Trinajstić information content (AvgIpc) is 2.74. The fraction of sp³-hybridized carbons (Fsp3) is 0.846. The van der Waals surface area contributed by atoms with E-state index in [0.29, 0.717) is 11.7 Å². The SMILES string of the molecule is CCCC(C#N)C(=O)NC1CCCC1SCC. The van der Waals surface area contributed by atoms with Gasteiger partial charge < -0.3 is 5.32 Å². The molecule has 1 aliphatic carbocycles. The van der Waals surface area contributed by atoms with Crippen molar-refractivity contribution in [3.05, 3.63) is 0 Å². The number of thioether (sulfide) groups is 1. The van der Waals surface area contributed by atoms with Crippen LogP contribution < -0.4 is 5.32 Å². The minimum absolute atomic E-state index is 0.0667. The molecular weight excluding hydrogens is 232 g/mol. The molecule has 0 bridgehead atoms. The Morgan fingerprint density at radius 1 is 1.53 bits per heavy atom. The molecule has 1 fully saturated rings.